The lowest BCUT2D eigenvalue weighted by Crippen LogP contribution is -2.32. The first-order chi connectivity index (χ1) is 15.1. The zero-order chi connectivity index (χ0) is 21.6. The molecule has 4 aromatic rings. The van der Waals surface area contributed by atoms with Crippen LogP contribution in [-0.2, 0) is 11.3 Å². The summed E-state index contributed by atoms with van der Waals surface area (Å²) < 4.78 is 21.5. The van der Waals surface area contributed by atoms with Crippen LogP contribution in [-0.4, -0.2) is 27.5 Å². The summed E-state index contributed by atoms with van der Waals surface area (Å²) in [4.78, 5) is 28.1. The van der Waals surface area contributed by atoms with Gasteiger partial charge >= 0.3 is 6.01 Å². The molecule has 10 heteroatoms. The van der Waals surface area contributed by atoms with Crippen molar-refractivity contribution in [2.45, 2.75) is 19.6 Å². The Kier molecular flexibility index (Phi) is 5.86. The van der Waals surface area contributed by atoms with E-state index in [2.05, 4.69) is 25.1 Å². The van der Waals surface area contributed by atoms with Crippen LogP contribution in [0.4, 0.5) is 6.01 Å². The molecule has 3 heterocycles. The molecule has 0 aliphatic heterocycles. The number of nitrogens with one attached hydrogen (secondary N) is 1. The van der Waals surface area contributed by atoms with Crippen molar-refractivity contribution in [2.24, 2.45) is 0 Å². The van der Waals surface area contributed by atoms with Crippen LogP contribution < -0.4 is 5.32 Å². The van der Waals surface area contributed by atoms with E-state index in [1.165, 1.54) is 18.8 Å². The van der Waals surface area contributed by atoms with Crippen LogP contribution in [0.1, 0.15) is 33.7 Å². The Labute approximate surface area is 176 Å². The van der Waals surface area contributed by atoms with Gasteiger partial charge in [0, 0.05) is 0 Å². The lowest BCUT2D eigenvalue weighted by atomic mass is 10.2. The number of amides is 1. The number of aryl methyl sites for hydroxylation is 1. The van der Waals surface area contributed by atoms with Gasteiger partial charge in [-0.3, -0.25) is 4.79 Å². The fraction of sp³-hybridized carbons (Fsp3) is 0.190. The molecule has 0 fully saturated rings. The number of rotatable bonds is 8. The molecule has 0 saturated heterocycles. The van der Waals surface area contributed by atoms with E-state index in [9.17, 15) is 4.79 Å². The van der Waals surface area contributed by atoms with Crippen molar-refractivity contribution >= 4 is 11.9 Å². The summed E-state index contributed by atoms with van der Waals surface area (Å²) in [5.74, 6) is -0.124. The molecule has 0 saturated carbocycles. The third-order valence-corrected chi connectivity index (χ3v) is 4.18. The van der Waals surface area contributed by atoms with Crippen LogP contribution in [0.3, 0.4) is 0 Å². The summed E-state index contributed by atoms with van der Waals surface area (Å²) in [7, 11) is 0. The predicted molar refractivity (Wildman–Crippen MR) is 106 cm³/mol. The topological polar surface area (TPSA) is 121 Å². The van der Waals surface area contributed by atoms with Gasteiger partial charge in [-0.15, -0.1) is 0 Å². The number of ether oxygens (including phenoxy) is 1. The van der Waals surface area contributed by atoms with E-state index in [1.807, 2.05) is 30.3 Å². The van der Waals surface area contributed by atoms with Gasteiger partial charge in [0.25, 0.3) is 17.5 Å². The van der Waals surface area contributed by atoms with Gasteiger partial charge in [0.1, 0.15) is 24.8 Å². The zero-order valence-corrected chi connectivity index (χ0v) is 16.4. The van der Waals surface area contributed by atoms with Crippen molar-refractivity contribution in [3.8, 4) is 11.6 Å². The van der Waals surface area contributed by atoms with Crippen molar-refractivity contribution in [2.75, 3.05) is 6.61 Å². The Hall–Kier alpha value is -4.23. The maximum atomic E-state index is 12.7. The fourth-order valence-corrected chi connectivity index (χ4v) is 2.72. The molecule has 1 atom stereocenters. The average molecular weight is 419 g/mol. The Morgan fingerprint density at radius 1 is 1.13 bits per heavy atom. The monoisotopic (exact) mass is 419 g/mol. The van der Waals surface area contributed by atoms with E-state index in [4.69, 9.17) is 24.6 Å². The normalized spacial score (nSPS) is 11.7. The molecule has 10 nitrogen and oxygen atoms in total. The molecular formula is C21H17N5O5. The van der Waals surface area contributed by atoms with E-state index in [1.54, 1.807) is 6.92 Å². The quantitative estimate of drug-likeness (QED) is 0.427. The molecule has 0 aliphatic carbocycles. The van der Waals surface area contributed by atoms with Gasteiger partial charge in [0.2, 0.25) is 5.89 Å². The fourth-order valence-electron chi connectivity index (χ4n) is 2.72. The summed E-state index contributed by atoms with van der Waals surface area (Å²) in [6.45, 7) is 9.19. The average Bonchev–Trinajstić information content (AvgIpc) is 3.54. The number of carbonyl (C=O) groups excluding carboxylic acids is 1. The van der Waals surface area contributed by atoms with Gasteiger partial charge in [-0.2, -0.15) is 0 Å². The maximum Gasteiger partial charge on any atom is 0.450 e. The zero-order valence-electron chi connectivity index (χ0n) is 16.4. The number of oxazole rings is 3. The van der Waals surface area contributed by atoms with Gasteiger partial charge in [0.05, 0.1) is 18.9 Å². The van der Waals surface area contributed by atoms with Gasteiger partial charge in [-0.05, 0) is 12.5 Å². The van der Waals surface area contributed by atoms with Crippen LogP contribution >= 0.6 is 0 Å². The van der Waals surface area contributed by atoms with Crippen LogP contribution in [0, 0.1) is 13.5 Å². The Balaban J connectivity index is 1.44. The predicted octanol–water partition coefficient (Wildman–Crippen LogP) is 3.86. The number of benzene rings is 1. The first-order valence-corrected chi connectivity index (χ1v) is 9.26. The van der Waals surface area contributed by atoms with E-state index in [0.717, 1.165) is 5.56 Å². The standard InChI is InChI=1S/C21H17N5O5/c1-13-8-29-19(23-13)16(10-28-9-14-6-4-3-5-7-14)24-18(27)15-11-30-20(25-15)17-12-31-21(22-2)26-17/h3-8,11-12,16H,9-10H2,1H3,(H,24,27). The molecule has 0 spiro atoms. The first kappa shape index (κ1) is 20.1. The third kappa shape index (κ3) is 4.85. The molecule has 1 aromatic carbocycles. The molecule has 31 heavy (non-hydrogen) atoms. The van der Waals surface area contributed by atoms with E-state index >= 15 is 0 Å². The van der Waals surface area contributed by atoms with Crippen molar-refractivity contribution in [1.29, 1.82) is 0 Å². The first-order valence-electron chi connectivity index (χ1n) is 9.26. The summed E-state index contributed by atoms with van der Waals surface area (Å²) >= 11 is 0. The highest BCUT2D eigenvalue weighted by atomic mass is 16.5. The molecule has 4 rings (SSSR count). The number of aromatic nitrogens is 3. The van der Waals surface area contributed by atoms with Crippen molar-refractivity contribution in [1.82, 2.24) is 20.3 Å². The van der Waals surface area contributed by atoms with Gasteiger partial charge in [-0.1, -0.05) is 41.9 Å². The molecule has 3 aromatic heterocycles. The molecule has 1 N–H and O–H groups in total. The summed E-state index contributed by atoms with van der Waals surface area (Å²) in [5.41, 5.74) is 1.93. The van der Waals surface area contributed by atoms with E-state index in [-0.39, 0.29) is 29.9 Å². The Bertz CT molecular complexity index is 1200. The number of carbonyl (C=O) groups is 1. The minimum atomic E-state index is -0.633. The van der Waals surface area contributed by atoms with Crippen molar-refractivity contribution in [3.05, 3.63) is 83.4 Å². The second kappa shape index (κ2) is 9.06. The Morgan fingerprint density at radius 3 is 2.68 bits per heavy atom. The molecule has 1 unspecified atom stereocenters. The molecular weight excluding hydrogens is 402 g/mol. The minimum Gasteiger partial charge on any atom is -0.467 e. The van der Waals surface area contributed by atoms with Crippen molar-refractivity contribution < 1.29 is 22.8 Å². The summed E-state index contributed by atoms with van der Waals surface area (Å²) in [5, 5.41) is 2.80. The SMILES string of the molecule is [C-]#[N+]c1nc(-c2nc(C(=O)NC(COCc3ccccc3)c3nc(C)co3)co2)co1. The van der Waals surface area contributed by atoms with Crippen LogP contribution in [0.15, 0.2) is 62.4 Å². The molecule has 1 amide bonds. The van der Waals surface area contributed by atoms with Crippen molar-refractivity contribution in [3.63, 3.8) is 0 Å². The van der Waals surface area contributed by atoms with Gasteiger partial charge in [0.15, 0.2) is 5.69 Å². The molecule has 0 bridgehead atoms. The van der Waals surface area contributed by atoms with Crippen LogP contribution in [0.2, 0.25) is 0 Å². The lowest BCUT2D eigenvalue weighted by Gasteiger charge is -2.15. The highest BCUT2D eigenvalue weighted by molar-refractivity contribution is 5.92. The summed E-state index contributed by atoms with van der Waals surface area (Å²) in [6, 6.07) is 8.89. The second-order valence-electron chi connectivity index (χ2n) is 6.52. The number of hydrogen-bond donors (Lipinski definition) is 1. The number of nitrogens with zero attached hydrogens (tertiary/aromatic N) is 4. The second-order valence-corrected chi connectivity index (χ2v) is 6.52. The highest BCUT2D eigenvalue weighted by Gasteiger charge is 2.24. The van der Waals surface area contributed by atoms with Crippen LogP contribution in [0.25, 0.3) is 16.4 Å². The van der Waals surface area contributed by atoms with Gasteiger partial charge < -0.3 is 28.2 Å². The molecule has 0 radical (unpaired) electrons. The molecule has 0 aliphatic rings. The molecule has 156 valence electrons. The third-order valence-electron chi connectivity index (χ3n) is 4.18. The maximum absolute atomic E-state index is 12.7. The number of hydrogen-bond acceptors (Lipinski definition) is 8. The summed E-state index contributed by atoms with van der Waals surface area (Å²) in [6.07, 6.45) is 3.93. The van der Waals surface area contributed by atoms with Crippen LogP contribution in [0.5, 0.6) is 0 Å². The smallest absolute Gasteiger partial charge is 0.450 e. The van der Waals surface area contributed by atoms with E-state index in [0.29, 0.717) is 18.2 Å². The minimum absolute atomic E-state index is 0.0266. The lowest BCUT2D eigenvalue weighted by molar-refractivity contribution is 0.0751. The van der Waals surface area contributed by atoms with Gasteiger partial charge in [-0.25, -0.2) is 9.97 Å². The highest BCUT2D eigenvalue weighted by Crippen LogP contribution is 2.22. The largest absolute Gasteiger partial charge is 0.467 e. The Morgan fingerprint density at radius 2 is 1.97 bits per heavy atom. The van der Waals surface area contributed by atoms with E-state index < -0.39 is 11.9 Å².